The summed E-state index contributed by atoms with van der Waals surface area (Å²) in [7, 11) is 0. The molecule has 0 aromatic carbocycles. The smallest absolute Gasteiger partial charge is 0.328 e. The molecule has 14 heavy (non-hydrogen) atoms. The number of rotatable bonds is 6. The summed E-state index contributed by atoms with van der Waals surface area (Å²) in [5.41, 5.74) is 0. The van der Waals surface area contributed by atoms with Gasteiger partial charge in [-0.15, -0.1) is 0 Å². The molecule has 5 nitrogen and oxygen atoms in total. The van der Waals surface area contributed by atoms with Gasteiger partial charge in [-0.1, -0.05) is 6.92 Å². The van der Waals surface area contributed by atoms with Crippen molar-refractivity contribution in [1.82, 2.24) is 5.32 Å². The number of nitrogens with one attached hydrogen (secondary N) is 1. The molecule has 0 heterocycles. The van der Waals surface area contributed by atoms with Gasteiger partial charge in [-0.3, -0.25) is 4.79 Å². The van der Waals surface area contributed by atoms with Crippen LogP contribution in [-0.2, 0) is 14.3 Å². The number of hydrogen-bond acceptors (Lipinski definition) is 4. The maximum atomic E-state index is 11.3. The van der Waals surface area contributed by atoms with Gasteiger partial charge in [0.15, 0.2) is 0 Å². The molecular formula is C9H17NO4. The first-order valence-electron chi connectivity index (χ1n) is 4.66. The maximum absolute atomic E-state index is 11.3. The van der Waals surface area contributed by atoms with Gasteiger partial charge in [-0.2, -0.15) is 0 Å². The fourth-order valence-corrected chi connectivity index (χ4v) is 0.927. The average Bonchev–Trinajstić information content (AvgIpc) is 2.13. The molecule has 0 aliphatic rings. The SMILES string of the molecule is CCCOC(=O)C(CCO)NC(C)=O. The molecule has 0 aromatic rings. The third-order valence-electron chi connectivity index (χ3n) is 1.53. The van der Waals surface area contributed by atoms with Crippen LogP contribution in [0.15, 0.2) is 0 Å². The molecular weight excluding hydrogens is 186 g/mol. The fourth-order valence-electron chi connectivity index (χ4n) is 0.927. The first-order valence-corrected chi connectivity index (χ1v) is 4.66. The van der Waals surface area contributed by atoms with Crippen molar-refractivity contribution in [1.29, 1.82) is 0 Å². The van der Waals surface area contributed by atoms with Crippen LogP contribution >= 0.6 is 0 Å². The third-order valence-corrected chi connectivity index (χ3v) is 1.53. The Morgan fingerprint density at radius 2 is 2.14 bits per heavy atom. The highest BCUT2D eigenvalue weighted by atomic mass is 16.5. The molecule has 0 radical (unpaired) electrons. The van der Waals surface area contributed by atoms with Gasteiger partial charge in [0.25, 0.3) is 0 Å². The minimum absolute atomic E-state index is 0.161. The van der Waals surface area contributed by atoms with Crippen LogP contribution in [0.25, 0.3) is 0 Å². The van der Waals surface area contributed by atoms with Crippen LogP contribution in [0.1, 0.15) is 26.7 Å². The molecule has 82 valence electrons. The van der Waals surface area contributed by atoms with E-state index < -0.39 is 12.0 Å². The van der Waals surface area contributed by atoms with E-state index in [1.807, 2.05) is 6.92 Å². The number of carbonyl (C=O) groups is 2. The third kappa shape index (κ3) is 5.53. The standard InChI is InChI=1S/C9H17NO4/c1-3-6-14-9(13)8(4-5-11)10-7(2)12/h8,11H,3-6H2,1-2H3,(H,10,12). The Hall–Kier alpha value is -1.10. The van der Waals surface area contributed by atoms with Crippen molar-refractivity contribution in [3.8, 4) is 0 Å². The lowest BCUT2D eigenvalue weighted by Gasteiger charge is -2.15. The number of hydrogen-bond donors (Lipinski definition) is 2. The topological polar surface area (TPSA) is 75.6 Å². The summed E-state index contributed by atoms with van der Waals surface area (Å²) >= 11 is 0. The largest absolute Gasteiger partial charge is 0.464 e. The Labute approximate surface area is 83.4 Å². The van der Waals surface area contributed by atoms with Crippen molar-refractivity contribution < 1.29 is 19.4 Å². The lowest BCUT2D eigenvalue weighted by atomic mass is 10.2. The van der Waals surface area contributed by atoms with Crippen LogP contribution in [0.2, 0.25) is 0 Å². The lowest BCUT2D eigenvalue weighted by Crippen LogP contribution is -2.41. The normalized spacial score (nSPS) is 11.9. The lowest BCUT2D eigenvalue weighted by molar-refractivity contribution is -0.148. The Bertz CT molecular complexity index is 193. The molecule has 0 aliphatic carbocycles. The molecule has 0 fully saturated rings. The predicted octanol–water partition coefficient (Wildman–Crippen LogP) is -0.173. The van der Waals surface area contributed by atoms with Gasteiger partial charge >= 0.3 is 5.97 Å². The number of carbonyl (C=O) groups excluding carboxylic acids is 2. The van der Waals surface area contributed by atoms with Gasteiger partial charge in [0, 0.05) is 20.0 Å². The van der Waals surface area contributed by atoms with Gasteiger partial charge < -0.3 is 15.2 Å². The second kappa shape index (κ2) is 7.32. The molecule has 0 saturated carbocycles. The highest BCUT2D eigenvalue weighted by Crippen LogP contribution is 1.96. The molecule has 5 heteroatoms. The minimum atomic E-state index is -0.732. The van der Waals surface area contributed by atoms with E-state index in [0.717, 1.165) is 6.42 Å². The van der Waals surface area contributed by atoms with Gasteiger partial charge in [-0.05, 0) is 6.42 Å². The molecule has 0 saturated heterocycles. The zero-order valence-electron chi connectivity index (χ0n) is 8.58. The van der Waals surface area contributed by atoms with Gasteiger partial charge in [0.05, 0.1) is 6.61 Å². The van der Waals surface area contributed by atoms with E-state index in [4.69, 9.17) is 9.84 Å². The Kier molecular flexibility index (Phi) is 6.74. The van der Waals surface area contributed by atoms with Crippen LogP contribution in [-0.4, -0.2) is 36.2 Å². The first-order chi connectivity index (χ1) is 6.61. The van der Waals surface area contributed by atoms with Crippen LogP contribution < -0.4 is 5.32 Å². The van der Waals surface area contributed by atoms with Crippen LogP contribution in [0.4, 0.5) is 0 Å². The monoisotopic (exact) mass is 203 g/mol. The van der Waals surface area contributed by atoms with Crippen LogP contribution in [0.5, 0.6) is 0 Å². The molecule has 0 aliphatic heterocycles. The minimum Gasteiger partial charge on any atom is -0.464 e. The van der Waals surface area contributed by atoms with E-state index in [9.17, 15) is 9.59 Å². The molecule has 1 atom stereocenters. The zero-order valence-corrected chi connectivity index (χ0v) is 8.58. The van der Waals surface area contributed by atoms with Crippen molar-refractivity contribution in [2.45, 2.75) is 32.7 Å². The fraction of sp³-hybridized carbons (Fsp3) is 0.778. The van der Waals surface area contributed by atoms with Crippen LogP contribution in [0, 0.1) is 0 Å². The molecule has 1 unspecified atom stereocenters. The molecule has 0 aromatic heterocycles. The number of aliphatic hydroxyl groups is 1. The molecule has 0 spiro atoms. The summed E-state index contributed by atoms with van der Waals surface area (Å²) in [6.45, 7) is 3.37. The molecule has 0 bridgehead atoms. The summed E-state index contributed by atoms with van der Waals surface area (Å²) in [5, 5.41) is 11.1. The quantitative estimate of drug-likeness (QED) is 0.587. The van der Waals surface area contributed by atoms with E-state index in [1.165, 1.54) is 6.92 Å². The zero-order chi connectivity index (χ0) is 11.0. The highest BCUT2D eigenvalue weighted by Gasteiger charge is 2.19. The number of esters is 1. The Balaban J connectivity index is 4.03. The second-order valence-corrected chi connectivity index (χ2v) is 2.93. The Morgan fingerprint density at radius 3 is 2.57 bits per heavy atom. The van der Waals surface area contributed by atoms with E-state index in [-0.39, 0.29) is 18.9 Å². The summed E-state index contributed by atoms with van der Waals surface area (Å²) in [5.74, 6) is -0.798. The predicted molar refractivity (Wildman–Crippen MR) is 50.6 cm³/mol. The van der Waals surface area contributed by atoms with Gasteiger partial charge in [-0.25, -0.2) is 4.79 Å². The van der Waals surface area contributed by atoms with Crippen molar-refractivity contribution in [3.63, 3.8) is 0 Å². The maximum Gasteiger partial charge on any atom is 0.328 e. The van der Waals surface area contributed by atoms with E-state index in [0.29, 0.717) is 6.61 Å². The van der Waals surface area contributed by atoms with Gasteiger partial charge in [0.1, 0.15) is 6.04 Å². The van der Waals surface area contributed by atoms with Crippen molar-refractivity contribution >= 4 is 11.9 Å². The summed E-state index contributed by atoms with van der Waals surface area (Å²) in [6, 6.07) is -0.732. The van der Waals surface area contributed by atoms with Gasteiger partial charge in [0.2, 0.25) is 5.91 Å². The molecule has 2 N–H and O–H groups in total. The Morgan fingerprint density at radius 1 is 1.50 bits per heavy atom. The van der Waals surface area contributed by atoms with E-state index >= 15 is 0 Å². The first kappa shape index (κ1) is 12.9. The van der Waals surface area contributed by atoms with Crippen molar-refractivity contribution in [2.75, 3.05) is 13.2 Å². The number of aliphatic hydroxyl groups excluding tert-OH is 1. The highest BCUT2D eigenvalue weighted by molar-refractivity contribution is 5.83. The van der Waals surface area contributed by atoms with E-state index in [2.05, 4.69) is 5.32 Å². The molecule has 1 amide bonds. The molecule has 0 rings (SSSR count). The van der Waals surface area contributed by atoms with E-state index in [1.54, 1.807) is 0 Å². The van der Waals surface area contributed by atoms with Crippen LogP contribution in [0.3, 0.4) is 0 Å². The summed E-state index contributed by atoms with van der Waals surface area (Å²) in [4.78, 5) is 22.0. The summed E-state index contributed by atoms with van der Waals surface area (Å²) < 4.78 is 4.84. The number of amides is 1. The van der Waals surface area contributed by atoms with Crippen molar-refractivity contribution in [3.05, 3.63) is 0 Å². The summed E-state index contributed by atoms with van der Waals surface area (Å²) in [6.07, 6.45) is 0.916. The number of ether oxygens (including phenoxy) is 1. The average molecular weight is 203 g/mol. The van der Waals surface area contributed by atoms with Crippen molar-refractivity contribution in [2.24, 2.45) is 0 Å². The second-order valence-electron chi connectivity index (χ2n) is 2.93.